The maximum atomic E-state index is 5.41. The fourth-order valence-electron chi connectivity index (χ4n) is 1.10. The molecule has 0 spiro atoms. The summed E-state index contributed by atoms with van der Waals surface area (Å²) in [5.74, 6) is 0.723. The van der Waals surface area contributed by atoms with Gasteiger partial charge in [0, 0.05) is 11.8 Å². The molecular formula is C11H15NO. The predicted octanol–water partition coefficient (Wildman–Crippen LogP) is 2.90. The molecule has 13 heavy (non-hydrogen) atoms. The molecule has 0 fully saturated rings. The van der Waals surface area contributed by atoms with Crippen molar-refractivity contribution in [1.29, 1.82) is 0 Å². The van der Waals surface area contributed by atoms with Gasteiger partial charge in [0.1, 0.15) is 0 Å². The minimum absolute atomic E-state index is 0.654. The smallest absolute Gasteiger partial charge is 0.220 e. The third kappa shape index (κ3) is 2.31. The molecule has 0 saturated carbocycles. The Kier molecular flexibility index (Phi) is 3.50. The van der Waals surface area contributed by atoms with Gasteiger partial charge >= 0.3 is 0 Å². The van der Waals surface area contributed by atoms with E-state index in [0.29, 0.717) is 6.61 Å². The van der Waals surface area contributed by atoms with Crippen molar-refractivity contribution in [2.45, 2.75) is 20.8 Å². The van der Waals surface area contributed by atoms with E-state index in [4.69, 9.17) is 4.74 Å². The van der Waals surface area contributed by atoms with Crippen molar-refractivity contribution < 1.29 is 4.74 Å². The Bertz CT molecular complexity index is 305. The lowest BCUT2D eigenvalue weighted by molar-refractivity contribution is 0.326. The molecule has 0 saturated heterocycles. The van der Waals surface area contributed by atoms with Gasteiger partial charge in [-0.2, -0.15) is 0 Å². The number of allylic oxidation sites excluding steroid dienone is 2. The number of aromatic nitrogens is 1. The van der Waals surface area contributed by atoms with Crippen molar-refractivity contribution >= 4 is 5.57 Å². The van der Waals surface area contributed by atoms with E-state index in [9.17, 15) is 0 Å². The van der Waals surface area contributed by atoms with Crippen molar-refractivity contribution in [3.8, 4) is 5.88 Å². The van der Waals surface area contributed by atoms with Crippen LogP contribution in [-0.2, 0) is 0 Å². The second-order valence-corrected chi connectivity index (χ2v) is 2.76. The highest BCUT2D eigenvalue weighted by molar-refractivity contribution is 5.66. The second-order valence-electron chi connectivity index (χ2n) is 2.76. The van der Waals surface area contributed by atoms with Crippen molar-refractivity contribution in [3.05, 3.63) is 30.0 Å². The van der Waals surface area contributed by atoms with Crippen LogP contribution in [0.4, 0.5) is 0 Å². The molecule has 0 radical (unpaired) electrons. The molecule has 2 nitrogen and oxygen atoms in total. The van der Waals surface area contributed by atoms with E-state index in [1.807, 2.05) is 26.0 Å². The monoisotopic (exact) mass is 177 g/mol. The van der Waals surface area contributed by atoms with Gasteiger partial charge in [-0.05, 0) is 38.5 Å². The SMILES string of the molecule is C/C=C(\C)c1cccnc1OCC. The van der Waals surface area contributed by atoms with Crippen LogP contribution < -0.4 is 4.74 Å². The molecule has 1 aromatic rings. The van der Waals surface area contributed by atoms with Crippen LogP contribution in [-0.4, -0.2) is 11.6 Å². The van der Waals surface area contributed by atoms with Crippen molar-refractivity contribution in [2.24, 2.45) is 0 Å². The molecule has 0 aliphatic rings. The first kappa shape index (κ1) is 9.78. The van der Waals surface area contributed by atoms with Gasteiger partial charge < -0.3 is 4.74 Å². The van der Waals surface area contributed by atoms with Crippen LogP contribution >= 0.6 is 0 Å². The summed E-state index contributed by atoms with van der Waals surface area (Å²) >= 11 is 0. The lowest BCUT2D eigenvalue weighted by Gasteiger charge is -2.07. The minimum Gasteiger partial charge on any atom is -0.478 e. The quantitative estimate of drug-likeness (QED) is 0.708. The maximum Gasteiger partial charge on any atom is 0.220 e. The van der Waals surface area contributed by atoms with E-state index in [1.165, 1.54) is 5.57 Å². The van der Waals surface area contributed by atoms with E-state index in [1.54, 1.807) is 6.20 Å². The summed E-state index contributed by atoms with van der Waals surface area (Å²) in [5, 5.41) is 0. The Morgan fingerprint density at radius 2 is 2.38 bits per heavy atom. The topological polar surface area (TPSA) is 22.1 Å². The zero-order chi connectivity index (χ0) is 9.68. The fraction of sp³-hybridized carbons (Fsp3) is 0.364. The van der Waals surface area contributed by atoms with E-state index in [2.05, 4.69) is 18.0 Å². The summed E-state index contributed by atoms with van der Waals surface area (Å²) in [6.45, 7) is 6.68. The lowest BCUT2D eigenvalue weighted by atomic mass is 10.1. The lowest BCUT2D eigenvalue weighted by Crippen LogP contribution is -1.97. The summed E-state index contributed by atoms with van der Waals surface area (Å²) in [7, 11) is 0. The Balaban J connectivity index is 3.04. The van der Waals surface area contributed by atoms with E-state index in [-0.39, 0.29) is 0 Å². The van der Waals surface area contributed by atoms with Gasteiger partial charge in [-0.1, -0.05) is 6.08 Å². The summed E-state index contributed by atoms with van der Waals surface area (Å²) in [6.07, 6.45) is 3.80. The molecule has 0 aliphatic carbocycles. The van der Waals surface area contributed by atoms with Crippen molar-refractivity contribution in [1.82, 2.24) is 4.98 Å². The first-order valence-corrected chi connectivity index (χ1v) is 4.50. The summed E-state index contributed by atoms with van der Waals surface area (Å²) in [4.78, 5) is 4.17. The Morgan fingerprint density at radius 3 is 3.00 bits per heavy atom. The number of pyridine rings is 1. The third-order valence-electron chi connectivity index (χ3n) is 1.91. The molecular weight excluding hydrogens is 162 g/mol. The summed E-state index contributed by atoms with van der Waals surface area (Å²) < 4.78 is 5.41. The second kappa shape index (κ2) is 4.65. The van der Waals surface area contributed by atoms with Gasteiger partial charge in [0.05, 0.1) is 6.61 Å². The van der Waals surface area contributed by atoms with Crippen LogP contribution in [0.2, 0.25) is 0 Å². The molecule has 1 aromatic heterocycles. The molecule has 70 valence electrons. The normalized spacial score (nSPS) is 11.5. The van der Waals surface area contributed by atoms with Crippen LogP contribution in [0, 0.1) is 0 Å². The third-order valence-corrected chi connectivity index (χ3v) is 1.91. The molecule has 2 heteroatoms. The van der Waals surface area contributed by atoms with Crippen LogP contribution in [0.3, 0.4) is 0 Å². The Morgan fingerprint density at radius 1 is 1.62 bits per heavy atom. The van der Waals surface area contributed by atoms with Gasteiger partial charge in [0.2, 0.25) is 5.88 Å². The zero-order valence-electron chi connectivity index (χ0n) is 8.37. The van der Waals surface area contributed by atoms with Crippen LogP contribution in [0.15, 0.2) is 24.4 Å². The average molecular weight is 177 g/mol. The highest BCUT2D eigenvalue weighted by Gasteiger charge is 2.03. The van der Waals surface area contributed by atoms with Crippen molar-refractivity contribution in [2.75, 3.05) is 6.61 Å². The predicted molar refractivity (Wildman–Crippen MR) is 54.7 cm³/mol. The van der Waals surface area contributed by atoms with E-state index >= 15 is 0 Å². The number of ether oxygens (including phenoxy) is 1. The Labute approximate surface area is 79.3 Å². The number of nitrogens with zero attached hydrogens (tertiary/aromatic N) is 1. The van der Waals surface area contributed by atoms with Crippen molar-refractivity contribution in [3.63, 3.8) is 0 Å². The Hall–Kier alpha value is -1.31. The van der Waals surface area contributed by atoms with Crippen LogP contribution in [0.1, 0.15) is 26.3 Å². The van der Waals surface area contributed by atoms with E-state index < -0.39 is 0 Å². The maximum absolute atomic E-state index is 5.41. The fourth-order valence-corrected chi connectivity index (χ4v) is 1.10. The summed E-state index contributed by atoms with van der Waals surface area (Å²) in [6, 6.07) is 3.94. The van der Waals surface area contributed by atoms with E-state index in [0.717, 1.165) is 11.4 Å². The largest absolute Gasteiger partial charge is 0.478 e. The zero-order valence-corrected chi connectivity index (χ0v) is 8.37. The van der Waals surface area contributed by atoms with Gasteiger partial charge in [-0.3, -0.25) is 0 Å². The summed E-state index contributed by atoms with van der Waals surface area (Å²) in [5.41, 5.74) is 2.27. The molecule has 0 N–H and O–H groups in total. The minimum atomic E-state index is 0.654. The van der Waals surface area contributed by atoms with Crippen LogP contribution in [0.25, 0.3) is 5.57 Å². The van der Waals surface area contributed by atoms with Gasteiger partial charge in [-0.15, -0.1) is 0 Å². The molecule has 0 unspecified atom stereocenters. The van der Waals surface area contributed by atoms with Gasteiger partial charge in [0.25, 0.3) is 0 Å². The average Bonchev–Trinajstić information content (AvgIpc) is 2.18. The first-order chi connectivity index (χ1) is 6.29. The number of hydrogen-bond acceptors (Lipinski definition) is 2. The molecule has 1 heterocycles. The number of rotatable bonds is 3. The highest BCUT2D eigenvalue weighted by atomic mass is 16.5. The molecule has 0 amide bonds. The molecule has 0 bridgehead atoms. The molecule has 0 atom stereocenters. The molecule has 0 aliphatic heterocycles. The van der Waals surface area contributed by atoms with Gasteiger partial charge in [0.15, 0.2) is 0 Å². The van der Waals surface area contributed by atoms with Crippen LogP contribution in [0.5, 0.6) is 5.88 Å². The number of hydrogen-bond donors (Lipinski definition) is 0. The highest BCUT2D eigenvalue weighted by Crippen LogP contribution is 2.22. The van der Waals surface area contributed by atoms with Gasteiger partial charge in [-0.25, -0.2) is 4.98 Å². The first-order valence-electron chi connectivity index (χ1n) is 4.50. The molecule has 0 aromatic carbocycles. The molecule has 1 rings (SSSR count). The standard InChI is InChI=1S/C11H15NO/c1-4-9(3)10-7-6-8-12-11(10)13-5-2/h4,6-8H,5H2,1-3H3/b9-4+.